The Balaban J connectivity index is 2.50. The minimum atomic E-state index is -4.68. The molecule has 2 N–H and O–H groups in total. The van der Waals surface area contributed by atoms with Gasteiger partial charge < -0.3 is 15.4 Å². The molecular weight excluding hydrogens is 277 g/mol. The second-order valence-electron chi connectivity index (χ2n) is 4.30. The lowest BCUT2D eigenvalue weighted by molar-refractivity contribution is -0.274. The average Bonchev–Trinajstić information content (AvgIpc) is 2.27. The van der Waals surface area contributed by atoms with Crippen molar-refractivity contribution in [2.24, 2.45) is 5.92 Å². The van der Waals surface area contributed by atoms with E-state index in [1.165, 1.54) is 24.3 Å². The van der Waals surface area contributed by atoms with Gasteiger partial charge in [-0.2, -0.15) is 0 Å². The number of alkyl halides is 3. The van der Waals surface area contributed by atoms with Crippen molar-refractivity contribution in [1.82, 2.24) is 5.32 Å². The molecule has 0 unspecified atom stereocenters. The fourth-order valence-corrected chi connectivity index (χ4v) is 1.41. The third kappa shape index (κ3) is 6.85. The smallest absolute Gasteiger partial charge is 0.406 e. The van der Waals surface area contributed by atoms with Crippen LogP contribution >= 0.6 is 12.2 Å². The SMILES string of the molecule is CC(C)CNC(=S)Nc1ccc(OC(F)(F)F)cc1. The summed E-state index contributed by atoms with van der Waals surface area (Å²) in [5.74, 6) is 0.182. The quantitative estimate of drug-likeness (QED) is 0.832. The van der Waals surface area contributed by atoms with Crippen LogP contribution in [0.3, 0.4) is 0 Å². The Kier molecular flexibility index (Phi) is 5.41. The van der Waals surface area contributed by atoms with E-state index < -0.39 is 6.36 Å². The first-order valence-corrected chi connectivity index (χ1v) is 6.08. The van der Waals surface area contributed by atoms with Gasteiger partial charge in [0.15, 0.2) is 5.11 Å². The molecule has 1 aromatic carbocycles. The van der Waals surface area contributed by atoms with E-state index >= 15 is 0 Å². The second-order valence-corrected chi connectivity index (χ2v) is 4.71. The first kappa shape index (κ1) is 15.6. The number of rotatable bonds is 4. The normalized spacial score (nSPS) is 11.3. The van der Waals surface area contributed by atoms with Crippen molar-refractivity contribution in [2.75, 3.05) is 11.9 Å². The van der Waals surface area contributed by atoms with E-state index in [1.807, 2.05) is 13.8 Å². The predicted molar refractivity (Wildman–Crippen MR) is 72.2 cm³/mol. The maximum Gasteiger partial charge on any atom is 0.573 e. The van der Waals surface area contributed by atoms with Crippen molar-refractivity contribution in [2.45, 2.75) is 20.2 Å². The maximum atomic E-state index is 12.0. The van der Waals surface area contributed by atoms with E-state index in [0.717, 1.165) is 6.54 Å². The van der Waals surface area contributed by atoms with Gasteiger partial charge in [0.05, 0.1) is 0 Å². The molecule has 19 heavy (non-hydrogen) atoms. The largest absolute Gasteiger partial charge is 0.573 e. The van der Waals surface area contributed by atoms with Crippen molar-refractivity contribution in [3.05, 3.63) is 24.3 Å². The summed E-state index contributed by atoms with van der Waals surface area (Å²) in [7, 11) is 0. The predicted octanol–water partition coefficient (Wildman–Crippen LogP) is 3.53. The Bertz CT molecular complexity index is 418. The van der Waals surface area contributed by atoms with E-state index in [-0.39, 0.29) is 5.75 Å². The molecule has 3 nitrogen and oxygen atoms in total. The summed E-state index contributed by atoms with van der Waals surface area (Å²) in [6.07, 6.45) is -4.68. The molecule has 0 aliphatic rings. The molecule has 1 aromatic rings. The molecule has 0 heterocycles. The van der Waals surface area contributed by atoms with E-state index in [9.17, 15) is 13.2 Å². The third-order valence-corrected chi connectivity index (χ3v) is 2.26. The summed E-state index contributed by atoms with van der Waals surface area (Å²) in [6, 6.07) is 5.37. The van der Waals surface area contributed by atoms with Crippen LogP contribution in [-0.4, -0.2) is 18.0 Å². The molecule has 0 spiro atoms. The van der Waals surface area contributed by atoms with Gasteiger partial charge in [0.2, 0.25) is 0 Å². The Morgan fingerprint density at radius 3 is 2.32 bits per heavy atom. The Morgan fingerprint density at radius 2 is 1.84 bits per heavy atom. The van der Waals surface area contributed by atoms with Crippen molar-refractivity contribution in [1.29, 1.82) is 0 Å². The molecule has 0 saturated heterocycles. The highest BCUT2D eigenvalue weighted by atomic mass is 32.1. The summed E-state index contributed by atoms with van der Waals surface area (Å²) in [6.45, 7) is 4.80. The van der Waals surface area contributed by atoms with Crippen LogP contribution in [0.5, 0.6) is 5.75 Å². The monoisotopic (exact) mass is 292 g/mol. The number of halogens is 3. The molecule has 0 aromatic heterocycles. The van der Waals surface area contributed by atoms with E-state index in [0.29, 0.717) is 16.7 Å². The molecular formula is C12H15F3N2OS. The number of anilines is 1. The zero-order valence-electron chi connectivity index (χ0n) is 10.5. The Morgan fingerprint density at radius 1 is 1.26 bits per heavy atom. The summed E-state index contributed by atoms with van der Waals surface area (Å²) in [5.41, 5.74) is 0.593. The van der Waals surface area contributed by atoms with Gasteiger partial charge in [-0.25, -0.2) is 0 Å². The topological polar surface area (TPSA) is 33.3 Å². The molecule has 1 rings (SSSR count). The molecule has 0 radical (unpaired) electrons. The van der Waals surface area contributed by atoms with Crippen LogP contribution in [0, 0.1) is 5.92 Å². The second kappa shape index (κ2) is 6.60. The molecule has 0 amide bonds. The number of nitrogens with one attached hydrogen (secondary N) is 2. The van der Waals surface area contributed by atoms with Gasteiger partial charge in [0.25, 0.3) is 0 Å². The van der Waals surface area contributed by atoms with Gasteiger partial charge in [-0.3, -0.25) is 0 Å². The average molecular weight is 292 g/mol. The standard InChI is InChI=1S/C12H15F3N2OS/c1-8(2)7-16-11(19)17-9-3-5-10(6-4-9)18-12(13,14)15/h3-6,8H,7H2,1-2H3,(H2,16,17,19). The fraction of sp³-hybridized carbons (Fsp3) is 0.417. The van der Waals surface area contributed by atoms with Crippen LogP contribution in [0.25, 0.3) is 0 Å². The minimum absolute atomic E-state index is 0.265. The maximum absolute atomic E-state index is 12.0. The highest BCUT2D eigenvalue weighted by Crippen LogP contribution is 2.23. The van der Waals surface area contributed by atoms with Gasteiger partial charge in [0.1, 0.15) is 5.75 Å². The lowest BCUT2D eigenvalue weighted by Crippen LogP contribution is -2.31. The van der Waals surface area contributed by atoms with Gasteiger partial charge in [-0.1, -0.05) is 13.8 Å². The van der Waals surface area contributed by atoms with E-state index in [1.54, 1.807) is 0 Å². The van der Waals surface area contributed by atoms with Crippen LogP contribution in [-0.2, 0) is 0 Å². The van der Waals surface area contributed by atoms with Gasteiger partial charge in [0, 0.05) is 12.2 Å². The molecule has 0 fully saturated rings. The van der Waals surface area contributed by atoms with Crippen molar-refractivity contribution in [3.63, 3.8) is 0 Å². The van der Waals surface area contributed by atoms with Crippen molar-refractivity contribution in [3.8, 4) is 5.75 Å². The van der Waals surface area contributed by atoms with Crippen molar-refractivity contribution < 1.29 is 17.9 Å². The first-order chi connectivity index (χ1) is 8.76. The number of thiocarbonyl (C=S) groups is 1. The Labute approximate surface area is 115 Å². The van der Waals surface area contributed by atoms with Crippen LogP contribution in [0.4, 0.5) is 18.9 Å². The van der Waals surface area contributed by atoms with Crippen LogP contribution in [0.15, 0.2) is 24.3 Å². The molecule has 0 aliphatic heterocycles. The van der Waals surface area contributed by atoms with Gasteiger partial charge in [-0.15, -0.1) is 13.2 Å². The number of hydrogen-bond donors (Lipinski definition) is 2. The summed E-state index contributed by atoms with van der Waals surface area (Å²) in [5, 5.41) is 6.29. The lowest BCUT2D eigenvalue weighted by atomic mass is 10.2. The number of ether oxygens (including phenoxy) is 1. The fourth-order valence-electron chi connectivity index (χ4n) is 1.21. The molecule has 7 heteroatoms. The molecule has 0 aliphatic carbocycles. The zero-order chi connectivity index (χ0) is 14.5. The lowest BCUT2D eigenvalue weighted by Gasteiger charge is -2.13. The van der Waals surface area contributed by atoms with Crippen LogP contribution < -0.4 is 15.4 Å². The van der Waals surface area contributed by atoms with E-state index in [2.05, 4.69) is 15.4 Å². The number of benzene rings is 1. The molecule has 0 bridgehead atoms. The summed E-state index contributed by atoms with van der Waals surface area (Å²) >= 11 is 5.04. The van der Waals surface area contributed by atoms with Gasteiger partial charge in [-0.05, 0) is 42.4 Å². The van der Waals surface area contributed by atoms with Crippen LogP contribution in [0.2, 0.25) is 0 Å². The van der Waals surface area contributed by atoms with E-state index in [4.69, 9.17) is 12.2 Å². The summed E-state index contributed by atoms with van der Waals surface area (Å²) < 4.78 is 39.6. The summed E-state index contributed by atoms with van der Waals surface area (Å²) in [4.78, 5) is 0. The molecule has 106 valence electrons. The Hall–Kier alpha value is -1.50. The van der Waals surface area contributed by atoms with Gasteiger partial charge >= 0.3 is 6.36 Å². The highest BCUT2D eigenvalue weighted by Gasteiger charge is 2.30. The first-order valence-electron chi connectivity index (χ1n) is 5.67. The molecule has 0 atom stereocenters. The van der Waals surface area contributed by atoms with Crippen LogP contribution in [0.1, 0.15) is 13.8 Å². The zero-order valence-corrected chi connectivity index (χ0v) is 11.4. The third-order valence-electron chi connectivity index (χ3n) is 2.02. The highest BCUT2D eigenvalue weighted by molar-refractivity contribution is 7.80. The minimum Gasteiger partial charge on any atom is -0.406 e. The number of hydrogen-bond acceptors (Lipinski definition) is 2. The molecule has 0 saturated carbocycles. The van der Waals surface area contributed by atoms with Crippen molar-refractivity contribution >= 4 is 23.0 Å².